The Morgan fingerprint density at radius 2 is 1.68 bits per heavy atom. The molecular formula is C20H23NO. The van der Waals surface area contributed by atoms with Gasteiger partial charge in [0.25, 0.3) is 0 Å². The summed E-state index contributed by atoms with van der Waals surface area (Å²) in [6.45, 7) is 9.28. The standard InChI is InChI=1S/C20H23NO/c1-14(2)21-17(12-18-15(3)9-7-10-19(18)21)13-22-20-11-6-5-8-16(20)4/h5-12,14H,13H2,1-4H3. The third-order valence-electron chi connectivity index (χ3n) is 4.17. The van der Waals surface area contributed by atoms with Gasteiger partial charge in [0.15, 0.2) is 0 Å². The minimum Gasteiger partial charge on any atom is -0.487 e. The number of hydrogen-bond acceptors (Lipinski definition) is 1. The van der Waals surface area contributed by atoms with Crippen molar-refractivity contribution < 1.29 is 4.74 Å². The predicted molar refractivity (Wildman–Crippen MR) is 92.6 cm³/mol. The molecule has 114 valence electrons. The smallest absolute Gasteiger partial charge is 0.128 e. The van der Waals surface area contributed by atoms with Crippen LogP contribution in [0.25, 0.3) is 10.9 Å². The zero-order valence-electron chi connectivity index (χ0n) is 13.8. The van der Waals surface area contributed by atoms with Crippen molar-refractivity contribution in [3.05, 3.63) is 65.4 Å². The van der Waals surface area contributed by atoms with E-state index in [4.69, 9.17) is 4.74 Å². The van der Waals surface area contributed by atoms with Gasteiger partial charge in [0.2, 0.25) is 0 Å². The van der Waals surface area contributed by atoms with Crippen LogP contribution in [0.15, 0.2) is 48.5 Å². The Kier molecular flexibility index (Phi) is 3.93. The molecule has 22 heavy (non-hydrogen) atoms. The summed E-state index contributed by atoms with van der Waals surface area (Å²) in [7, 11) is 0. The first-order valence-electron chi connectivity index (χ1n) is 7.86. The Bertz CT molecular complexity index is 799. The highest BCUT2D eigenvalue weighted by Crippen LogP contribution is 2.28. The third kappa shape index (κ3) is 2.61. The lowest BCUT2D eigenvalue weighted by molar-refractivity contribution is 0.291. The van der Waals surface area contributed by atoms with Crippen LogP contribution < -0.4 is 4.74 Å². The van der Waals surface area contributed by atoms with Crippen molar-refractivity contribution in [3.63, 3.8) is 0 Å². The molecule has 0 saturated carbocycles. The number of aryl methyl sites for hydroxylation is 2. The number of rotatable bonds is 4. The molecule has 0 aliphatic carbocycles. The van der Waals surface area contributed by atoms with Crippen molar-refractivity contribution in [1.82, 2.24) is 4.57 Å². The Labute approximate surface area is 132 Å². The van der Waals surface area contributed by atoms with Crippen LogP contribution in [0, 0.1) is 13.8 Å². The van der Waals surface area contributed by atoms with Crippen LogP contribution in [0.3, 0.4) is 0 Å². The van der Waals surface area contributed by atoms with Gasteiger partial charge in [-0.05, 0) is 57.0 Å². The Hall–Kier alpha value is -2.22. The Morgan fingerprint density at radius 1 is 0.955 bits per heavy atom. The first-order chi connectivity index (χ1) is 10.6. The molecule has 0 aliphatic rings. The zero-order chi connectivity index (χ0) is 15.7. The highest BCUT2D eigenvalue weighted by molar-refractivity contribution is 5.84. The maximum Gasteiger partial charge on any atom is 0.128 e. The van der Waals surface area contributed by atoms with Crippen molar-refractivity contribution in [3.8, 4) is 5.75 Å². The van der Waals surface area contributed by atoms with Gasteiger partial charge in [-0.2, -0.15) is 0 Å². The molecule has 0 radical (unpaired) electrons. The van der Waals surface area contributed by atoms with Gasteiger partial charge in [-0.3, -0.25) is 0 Å². The normalized spacial score (nSPS) is 11.3. The molecule has 0 fully saturated rings. The second kappa shape index (κ2) is 5.88. The maximum absolute atomic E-state index is 6.06. The lowest BCUT2D eigenvalue weighted by Crippen LogP contribution is -2.08. The number of hydrogen-bond donors (Lipinski definition) is 0. The fraction of sp³-hybridized carbons (Fsp3) is 0.300. The largest absolute Gasteiger partial charge is 0.487 e. The van der Waals surface area contributed by atoms with Gasteiger partial charge >= 0.3 is 0 Å². The molecule has 3 rings (SSSR count). The average molecular weight is 293 g/mol. The predicted octanol–water partition coefficient (Wildman–Crippen LogP) is 5.42. The number of benzene rings is 2. The topological polar surface area (TPSA) is 14.2 Å². The van der Waals surface area contributed by atoms with Gasteiger partial charge in [0.05, 0.1) is 5.69 Å². The fourth-order valence-electron chi connectivity index (χ4n) is 3.04. The molecule has 0 atom stereocenters. The van der Waals surface area contributed by atoms with Crippen LogP contribution in [0.5, 0.6) is 5.75 Å². The van der Waals surface area contributed by atoms with E-state index in [2.05, 4.69) is 62.6 Å². The number of para-hydroxylation sites is 1. The lowest BCUT2D eigenvalue weighted by Gasteiger charge is -2.16. The minimum absolute atomic E-state index is 0.412. The molecule has 0 spiro atoms. The summed E-state index contributed by atoms with van der Waals surface area (Å²) < 4.78 is 8.44. The first-order valence-corrected chi connectivity index (χ1v) is 7.86. The van der Waals surface area contributed by atoms with Crippen LogP contribution in [0.4, 0.5) is 0 Å². The number of ether oxygens (including phenoxy) is 1. The highest BCUT2D eigenvalue weighted by atomic mass is 16.5. The van der Waals surface area contributed by atoms with E-state index in [1.54, 1.807) is 0 Å². The number of aromatic nitrogens is 1. The summed E-state index contributed by atoms with van der Waals surface area (Å²) in [4.78, 5) is 0. The number of fused-ring (bicyclic) bond motifs is 1. The van der Waals surface area contributed by atoms with E-state index in [0.717, 1.165) is 5.75 Å². The van der Waals surface area contributed by atoms with Crippen LogP contribution in [0.1, 0.15) is 36.7 Å². The third-order valence-corrected chi connectivity index (χ3v) is 4.17. The average Bonchev–Trinajstić information content (AvgIpc) is 2.86. The van der Waals surface area contributed by atoms with Crippen molar-refractivity contribution in [2.75, 3.05) is 0 Å². The highest BCUT2D eigenvalue weighted by Gasteiger charge is 2.13. The molecule has 0 unspecified atom stereocenters. The molecule has 0 bridgehead atoms. The van der Waals surface area contributed by atoms with Gasteiger partial charge in [0, 0.05) is 16.9 Å². The molecule has 0 saturated heterocycles. The van der Waals surface area contributed by atoms with Gasteiger partial charge in [-0.25, -0.2) is 0 Å². The zero-order valence-corrected chi connectivity index (χ0v) is 13.8. The second-order valence-corrected chi connectivity index (χ2v) is 6.16. The summed E-state index contributed by atoms with van der Waals surface area (Å²) in [6.07, 6.45) is 0. The Morgan fingerprint density at radius 3 is 2.41 bits per heavy atom. The lowest BCUT2D eigenvalue weighted by atomic mass is 10.1. The van der Waals surface area contributed by atoms with E-state index in [-0.39, 0.29) is 0 Å². The summed E-state index contributed by atoms with van der Waals surface area (Å²) in [6, 6.07) is 17.3. The summed E-state index contributed by atoms with van der Waals surface area (Å²) in [5, 5.41) is 1.32. The van der Waals surface area contributed by atoms with Crippen molar-refractivity contribution in [2.45, 2.75) is 40.3 Å². The van der Waals surface area contributed by atoms with Crippen molar-refractivity contribution in [2.24, 2.45) is 0 Å². The molecule has 0 amide bonds. The molecule has 3 aromatic rings. The van der Waals surface area contributed by atoms with Gasteiger partial charge in [-0.1, -0.05) is 30.3 Å². The molecule has 2 aromatic carbocycles. The van der Waals surface area contributed by atoms with Gasteiger partial charge < -0.3 is 9.30 Å². The molecular weight excluding hydrogens is 270 g/mol. The summed E-state index contributed by atoms with van der Waals surface area (Å²) in [5.74, 6) is 0.958. The van der Waals surface area contributed by atoms with E-state index in [9.17, 15) is 0 Å². The monoisotopic (exact) mass is 293 g/mol. The minimum atomic E-state index is 0.412. The Balaban J connectivity index is 1.98. The van der Waals surface area contributed by atoms with Crippen LogP contribution in [-0.2, 0) is 6.61 Å². The fourth-order valence-corrected chi connectivity index (χ4v) is 3.04. The first kappa shape index (κ1) is 14.7. The molecule has 0 N–H and O–H groups in total. The SMILES string of the molecule is Cc1ccccc1OCc1cc2c(C)cccc2n1C(C)C. The van der Waals surface area contributed by atoms with Gasteiger partial charge in [-0.15, -0.1) is 0 Å². The molecule has 1 heterocycles. The van der Waals surface area contributed by atoms with E-state index in [0.29, 0.717) is 12.6 Å². The van der Waals surface area contributed by atoms with E-state index < -0.39 is 0 Å². The van der Waals surface area contributed by atoms with E-state index in [1.807, 2.05) is 18.2 Å². The summed E-state index contributed by atoms with van der Waals surface area (Å²) >= 11 is 0. The van der Waals surface area contributed by atoms with Crippen LogP contribution >= 0.6 is 0 Å². The summed E-state index contributed by atoms with van der Waals surface area (Å²) in [5.41, 5.74) is 5.00. The van der Waals surface area contributed by atoms with Crippen molar-refractivity contribution >= 4 is 10.9 Å². The molecule has 0 aliphatic heterocycles. The molecule has 2 heteroatoms. The molecule has 2 nitrogen and oxygen atoms in total. The van der Waals surface area contributed by atoms with Gasteiger partial charge in [0.1, 0.15) is 12.4 Å². The number of nitrogens with zero attached hydrogens (tertiary/aromatic N) is 1. The second-order valence-electron chi connectivity index (χ2n) is 6.16. The van der Waals surface area contributed by atoms with Crippen LogP contribution in [-0.4, -0.2) is 4.57 Å². The molecule has 1 aromatic heterocycles. The van der Waals surface area contributed by atoms with E-state index >= 15 is 0 Å². The quantitative estimate of drug-likeness (QED) is 0.626. The maximum atomic E-state index is 6.06. The van der Waals surface area contributed by atoms with Crippen molar-refractivity contribution in [1.29, 1.82) is 0 Å². The van der Waals surface area contributed by atoms with E-state index in [1.165, 1.54) is 27.7 Å². The van der Waals surface area contributed by atoms with Crippen LogP contribution in [0.2, 0.25) is 0 Å².